The number of ether oxygens (including phenoxy) is 2. The van der Waals surface area contributed by atoms with Crippen molar-refractivity contribution in [1.82, 2.24) is 5.32 Å². The Labute approximate surface area is 176 Å². The van der Waals surface area contributed by atoms with Crippen LogP contribution >= 0.6 is 0 Å². The number of alkyl carbamates (subject to hydrolysis) is 1. The minimum Gasteiger partial charge on any atom is -0.467 e. The lowest BCUT2D eigenvalue weighted by atomic mass is 10.0. The van der Waals surface area contributed by atoms with Crippen molar-refractivity contribution in [3.63, 3.8) is 0 Å². The van der Waals surface area contributed by atoms with Gasteiger partial charge in [0.2, 0.25) is 0 Å². The molecule has 7 nitrogen and oxygen atoms in total. The van der Waals surface area contributed by atoms with Gasteiger partial charge in [0.15, 0.2) is 0 Å². The number of benzene rings is 2. The SMILES string of the molecule is CC[C@H](NC(=O)OC(C)(C)C)C(=O)N1c2cc3ccccc3cc2C[C@H]1C(=O)OC. The topological polar surface area (TPSA) is 84.9 Å². The molecular formula is C23H28N2O5. The number of amides is 2. The Morgan fingerprint density at radius 2 is 1.80 bits per heavy atom. The molecule has 1 N–H and O–H groups in total. The minimum atomic E-state index is -0.829. The van der Waals surface area contributed by atoms with Crippen LogP contribution in [0.1, 0.15) is 39.7 Å². The number of methoxy groups -OCH3 is 1. The van der Waals surface area contributed by atoms with Crippen LogP contribution in [-0.4, -0.2) is 42.8 Å². The number of rotatable bonds is 4. The van der Waals surface area contributed by atoms with Crippen LogP contribution < -0.4 is 10.2 Å². The van der Waals surface area contributed by atoms with E-state index < -0.39 is 29.7 Å². The van der Waals surface area contributed by atoms with Gasteiger partial charge in [-0.1, -0.05) is 31.2 Å². The minimum absolute atomic E-state index is 0.353. The smallest absolute Gasteiger partial charge is 0.408 e. The van der Waals surface area contributed by atoms with Crippen LogP contribution in [0.25, 0.3) is 10.8 Å². The van der Waals surface area contributed by atoms with Gasteiger partial charge < -0.3 is 14.8 Å². The van der Waals surface area contributed by atoms with Gasteiger partial charge in [0.25, 0.3) is 5.91 Å². The lowest BCUT2D eigenvalue weighted by Crippen LogP contribution is -2.53. The predicted molar refractivity (Wildman–Crippen MR) is 114 cm³/mol. The van der Waals surface area contributed by atoms with Gasteiger partial charge in [-0.15, -0.1) is 0 Å². The normalized spacial score (nSPS) is 16.7. The zero-order chi connectivity index (χ0) is 22.1. The second-order valence-electron chi connectivity index (χ2n) is 8.39. The molecular weight excluding hydrogens is 384 g/mol. The molecule has 1 aliphatic heterocycles. The third kappa shape index (κ3) is 4.40. The fourth-order valence-corrected chi connectivity index (χ4v) is 3.68. The second kappa shape index (κ2) is 8.34. The van der Waals surface area contributed by atoms with Crippen molar-refractivity contribution in [2.75, 3.05) is 12.0 Å². The summed E-state index contributed by atoms with van der Waals surface area (Å²) in [5.74, 6) is -0.858. The van der Waals surface area contributed by atoms with Crippen molar-refractivity contribution < 1.29 is 23.9 Å². The summed E-state index contributed by atoms with van der Waals surface area (Å²) in [4.78, 5) is 39.6. The Morgan fingerprint density at radius 1 is 1.17 bits per heavy atom. The van der Waals surface area contributed by atoms with Crippen LogP contribution in [0.3, 0.4) is 0 Å². The molecule has 2 amide bonds. The largest absolute Gasteiger partial charge is 0.467 e. The van der Waals surface area contributed by atoms with Crippen LogP contribution in [0.2, 0.25) is 0 Å². The number of nitrogens with one attached hydrogen (secondary N) is 1. The molecule has 160 valence electrons. The van der Waals surface area contributed by atoms with E-state index in [-0.39, 0.29) is 5.91 Å². The van der Waals surface area contributed by atoms with E-state index in [9.17, 15) is 14.4 Å². The maximum atomic E-state index is 13.5. The van der Waals surface area contributed by atoms with Crippen LogP contribution in [0.4, 0.5) is 10.5 Å². The summed E-state index contributed by atoms with van der Waals surface area (Å²) in [6.07, 6.45) is 0.0441. The van der Waals surface area contributed by atoms with Gasteiger partial charge >= 0.3 is 12.1 Å². The first-order valence-corrected chi connectivity index (χ1v) is 10.1. The molecule has 0 saturated carbocycles. The Bertz CT molecular complexity index is 979. The Hall–Kier alpha value is -3.09. The number of hydrogen-bond donors (Lipinski definition) is 1. The molecule has 0 saturated heterocycles. The van der Waals surface area contributed by atoms with E-state index >= 15 is 0 Å². The summed E-state index contributed by atoms with van der Waals surface area (Å²) in [7, 11) is 1.31. The number of esters is 1. The molecule has 2 aromatic rings. The summed E-state index contributed by atoms with van der Waals surface area (Å²) in [5, 5.41) is 4.64. The summed E-state index contributed by atoms with van der Waals surface area (Å²) in [6.45, 7) is 7.06. The van der Waals surface area contributed by atoms with Gasteiger partial charge in [0.1, 0.15) is 17.7 Å². The molecule has 0 fully saturated rings. The van der Waals surface area contributed by atoms with E-state index in [1.807, 2.05) is 36.4 Å². The second-order valence-corrected chi connectivity index (χ2v) is 8.39. The van der Waals surface area contributed by atoms with Crippen LogP contribution in [0.15, 0.2) is 36.4 Å². The maximum absolute atomic E-state index is 13.5. The molecule has 0 aliphatic carbocycles. The Morgan fingerprint density at radius 3 is 2.37 bits per heavy atom. The van der Waals surface area contributed by atoms with E-state index in [2.05, 4.69) is 5.32 Å². The molecule has 30 heavy (non-hydrogen) atoms. The number of nitrogens with zero attached hydrogens (tertiary/aromatic N) is 1. The van der Waals surface area contributed by atoms with E-state index in [4.69, 9.17) is 9.47 Å². The van der Waals surface area contributed by atoms with E-state index in [1.54, 1.807) is 27.7 Å². The highest BCUT2D eigenvalue weighted by atomic mass is 16.6. The van der Waals surface area contributed by atoms with Crippen molar-refractivity contribution in [2.24, 2.45) is 0 Å². The van der Waals surface area contributed by atoms with Crippen molar-refractivity contribution in [2.45, 2.75) is 58.2 Å². The molecule has 0 bridgehead atoms. The summed E-state index contributed by atoms with van der Waals surface area (Å²) in [5.41, 5.74) is 0.877. The average molecular weight is 412 g/mol. The summed E-state index contributed by atoms with van der Waals surface area (Å²) in [6, 6.07) is 10.1. The molecule has 2 atom stereocenters. The third-order valence-corrected chi connectivity index (χ3v) is 5.04. The van der Waals surface area contributed by atoms with Gasteiger partial charge in [-0.25, -0.2) is 9.59 Å². The van der Waals surface area contributed by atoms with Crippen molar-refractivity contribution in [3.05, 3.63) is 42.0 Å². The predicted octanol–water partition coefficient (Wildman–Crippen LogP) is 3.57. The lowest BCUT2D eigenvalue weighted by Gasteiger charge is -2.29. The first-order valence-electron chi connectivity index (χ1n) is 10.1. The molecule has 1 aliphatic rings. The number of hydrogen-bond acceptors (Lipinski definition) is 5. The fraction of sp³-hybridized carbons (Fsp3) is 0.435. The van der Waals surface area contributed by atoms with E-state index in [0.717, 1.165) is 16.3 Å². The van der Waals surface area contributed by atoms with Crippen LogP contribution in [0, 0.1) is 0 Å². The van der Waals surface area contributed by atoms with Gasteiger partial charge in [-0.2, -0.15) is 0 Å². The highest BCUT2D eigenvalue weighted by Gasteiger charge is 2.42. The highest BCUT2D eigenvalue weighted by Crippen LogP contribution is 2.36. The van der Waals surface area contributed by atoms with E-state index in [1.165, 1.54) is 12.0 Å². The number of fused-ring (bicyclic) bond motifs is 2. The van der Waals surface area contributed by atoms with Crippen molar-refractivity contribution in [1.29, 1.82) is 0 Å². The van der Waals surface area contributed by atoms with Gasteiger partial charge in [0.05, 0.1) is 7.11 Å². The van der Waals surface area contributed by atoms with E-state index in [0.29, 0.717) is 18.5 Å². The number of anilines is 1. The Kier molecular flexibility index (Phi) is 6.01. The number of carbonyl (C=O) groups excluding carboxylic acids is 3. The highest BCUT2D eigenvalue weighted by molar-refractivity contribution is 6.07. The summed E-state index contributed by atoms with van der Waals surface area (Å²) >= 11 is 0. The molecule has 0 radical (unpaired) electrons. The monoisotopic (exact) mass is 412 g/mol. The maximum Gasteiger partial charge on any atom is 0.408 e. The van der Waals surface area contributed by atoms with Gasteiger partial charge in [-0.3, -0.25) is 9.69 Å². The molecule has 0 spiro atoms. The third-order valence-electron chi connectivity index (χ3n) is 5.04. The lowest BCUT2D eigenvalue weighted by molar-refractivity contribution is -0.143. The van der Waals surface area contributed by atoms with Crippen LogP contribution in [-0.2, 0) is 25.5 Å². The van der Waals surface area contributed by atoms with Crippen molar-refractivity contribution in [3.8, 4) is 0 Å². The quantitative estimate of drug-likeness (QED) is 0.776. The fourth-order valence-electron chi connectivity index (χ4n) is 3.68. The molecule has 1 heterocycles. The van der Waals surface area contributed by atoms with Gasteiger partial charge in [0, 0.05) is 12.1 Å². The molecule has 0 unspecified atom stereocenters. The first kappa shape index (κ1) is 21.6. The summed E-state index contributed by atoms with van der Waals surface area (Å²) < 4.78 is 10.3. The molecule has 3 rings (SSSR count). The molecule has 2 aromatic carbocycles. The first-order chi connectivity index (χ1) is 14.1. The molecule has 7 heteroatoms. The molecule has 0 aromatic heterocycles. The van der Waals surface area contributed by atoms with Gasteiger partial charge in [-0.05, 0) is 55.7 Å². The number of carbonyl (C=O) groups is 3. The van der Waals surface area contributed by atoms with Crippen molar-refractivity contribution >= 4 is 34.4 Å². The van der Waals surface area contributed by atoms with Crippen LogP contribution in [0.5, 0.6) is 0 Å². The standard InChI is InChI=1S/C23H28N2O5/c1-6-17(24-22(28)30-23(2,3)4)20(26)25-18-12-15-10-8-7-9-14(15)11-16(18)13-19(25)21(27)29-5/h7-12,17,19H,6,13H2,1-5H3,(H,24,28)/t17-,19-/m0/s1. The average Bonchev–Trinajstić information content (AvgIpc) is 3.06. The zero-order valence-electron chi connectivity index (χ0n) is 18.0. The Balaban J connectivity index is 1.96. The zero-order valence-corrected chi connectivity index (χ0v) is 18.0.